The van der Waals surface area contributed by atoms with Crippen molar-refractivity contribution < 1.29 is 4.57 Å². The van der Waals surface area contributed by atoms with Crippen LogP contribution in [0.3, 0.4) is 0 Å². The molecule has 35 heavy (non-hydrogen) atoms. The van der Waals surface area contributed by atoms with E-state index in [1.54, 1.807) is 34.4 Å². The molecule has 5 aromatic rings. The number of rotatable bonds is 3. The second-order valence-electron chi connectivity index (χ2n) is 8.36. The molecule has 0 saturated heterocycles. The van der Waals surface area contributed by atoms with Gasteiger partial charge in [-0.15, -0.1) is 11.3 Å². The van der Waals surface area contributed by atoms with E-state index >= 15 is 0 Å². The molecule has 4 nitrogen and oxygen atoms in total. The number of anilines is 1. The van der Waals surface area contributed by atoms with Crippen molar-refractivity contribution in [1.29, 1.82) is 0 Å². The van der Waals surface area contributed by atoms with Crippen molar-refractivity contribution in [2.75, 3.05) is 11.9 Å². The summed E-state index contributed by atoms with van der Waals surface area (Å²) in [7, 11) is 2.01. The first-order chi connectivity index (χ1) is 17.0. The van der Waals surface area contributed by atoms with Gasteiger partial charge in [-0.1, -0.05) is 59.0 Å². The molecule has 3 heterocycles. The lowest BCUT2D eigenvalue weighted by Crippen LogP contribution is -2.35. The average molecular weight is 537 g/mol. The Hall–Kier alpha value is -2.58. The summed E-state index contributed by atoms with van der Waals surface area (Å²) in [5.41, 5.74) is 2.34. The minimum absolute atomic E-state index is 0.0617. The van der Waals surface area contributed by atoms with Crippen molar-refractivity contribution >= 4 is 83.8 Å². The van der Waals surface area contributed by atoms with Gasteiger partial charge in [0.1, 0.15) is 25.5 Å². The Morgan fingerprint density at radius 2 is 1.89 bits per heavy atom. The van der Waals surface area contributed by atoms with Crippen LogP contribution in [0, 0.1) is 0 Å². The standard InChI is InChI=1S/C27H23ClN3OS3/c1-4-30-19-12-10-16-8-6-7-9-18(16)24(19)34-22(30)15-23-31(5-2)26(32)25(35-23)27-29(3)20-14-17(28)11-13-21(20)33-27/h6-15H,4-5H2,1-3H3/q+1. The number of hydrogen-bond donors (Lipinski definition) is 0. The van der Waals surface area contributed by atoms with E-state index in [2.05, 4.69) is 58.9 Å². The number of thiazole rings is 2. The molecule has 0 saturated carbocycles. The van der Waals surface area contributed by atoms with Crippen LogP contribution in [0.4, 0.5) is 5.69 Å². The van der Waals surface area contributed by atoms with Gasteiger partial charge in [0.2, 0.25) is 5.52 Å². The molecule has 6 rings (SSSR count). The molecule has 0 amide bonds. The molecule has 8 heteroatoms. The molecule has 0 spiro atoms. The van der Waals surface area contributed by atoms with Gasteiger partial charge in [0.05, 0.1) is 11.8 Å². The molecule has 2 aromatic heterocycles. The van der Waals surface area contributed by atoms with Crippen molar-refractivity contribution in [3.8, 4) is 0 Å². The molecule has 0 aliphatic carbocycles. The van der Waals surface area contributed by atoms with Gasteiger partial charge in [0.15, 0.2) is 0 Å². The summed E-state index contributed by atoms with van der Waals surface area (Å²) in [5, 5.41) is 5.33. The van der Waals surface area contributed by atoms with E-state index in [9.17, 15) is 4.79 Å². The molecule has 0 atom stereocenters. The van der Waals surface area contributed by atoms with Crippen LogP contribution in [0.2, 0.25) is 5.02 Å². The molecule has 3 aromatic carbocycles. The summed E-state index contributed by atoms with van der Waals surface area (Å²) < 4.78 is 7.26. The number of benzene rings is 3. The van der Waals surface area contributed by atoms with E-state index < -0.39 is 0 Å². The summed E-state index contributed by atoms with van der Waals surface area (Å²) in [6.45, 7) is 5.70. The summed E-state index contributed by atoms with van der Waals surface area (Å²) >= 11 is 11.2. The third kappa shape index (κ3) is 3.64. The highest BCUT2D eigenvalue weighted by molar-refractivity contribution is 8.08. The van der Waals surface area contributed by atoms with Crippen LogP contribution in [0.1, 0.15) is 18.9 Å². The number of aryl methyl sites for hydroxylation is 1. The second-order valence-corrected chi connectivity index (χ2v) is 11.9. The SMILES string of the molecule is CCn1c(=Cc2sc3c4ccccc4ccc3[n+]2CC)sc(=C2Sc3ccc(Cl)cc3N2C)c1=O. The van der Waals surface area contributed by atoms with Crippen molar-refractivity contribution in [1.82, 2.24) is 4.57 Å². The number of hydrogen-bond acceptors (Lipinski definition) is 5. The average Bonchev–Trinajstić information content (AvgIpc) is 3.49. The Balaban J connectivity index is 1.59. The highest BCUT2D eigenvalue weighted by atomic mass is 35.5. The number of fused-ring (bicyclic) bond motifs is 4. The second kappa shape index (κ2) is 8.82. The maximum absolute atomic E-state index is 13.5. The lowest BCUT2D eigenvalue weighted by Gasteiger charge is -2.12. The van der Waals surface area contributed by atoms with Crippen molar-refractivity contribution in [3.63, 3.8) is 0 Å². The Bertz CT molecular complexity index is 1820. The lowest BCUT2D eigenvalue weighted by molar-refractivity contribution is -0.665. The van der Waals surface area contributed by atoms with Gasteiger partial charge in [-0.3, -0.25) is 9.36 Å². The fourth-order valence-electron chi connectivity index (χ4n) is 4.66. The number of aromatic nitrogens is 2. The summed E-state index contributed by atoms with van der Waals surface area (Å²) in [4.78, 5) is 16.7. The molecule has 176 valence electrons. The largest absolute Gasteiger partial charge is 0.337 e. The molecular weight excluding hydrogens is 514 g/mol. The van der Waals surface area contributed by atoms with Crippen LogP contribution < -0.4 is 24.2 Å². The minimum atomic E-state index is 0.0617. The molecule has 1 aliphatic heterocycles. The zero-order valence-corrected chi connectivity index (χ0v) is 22.7. The van der Waals surface area contributed by atoms with Crippen LogP contribution in [0.5, 0.6) is 0 Å². The van der Waals surface area contributed by atoms with Gasteiger partial charge >= 0.3 is 0 Å². The molecule has 1 aliphatic rings. The van der Waals surface area contributed by atoms with Crippen LogP contribution in [0.25, 0.3) is 32.1 Å². The summed E-state index contributed by atoms with van der Waals surface area (Å²) in [6.07, 6.45) is 2.19. The predicted octanol–water partition coefficient (Wildman–Crippen LogP) is 5.40. The lowest BCUT2D eigenvalue weighted by atomic mass is 10.1. The molecule has 0 radical (unpaired) electrons. The number of thioether (sulfide) groups is 1. The van der Waals surface area contributed by atoms with Crippen molar-refractivity contribution in [3.05, 3.63) is 84.2 Å². The maximum atomic E-state index is 13.5. The Morgan fingerprint density at radius 3 is 2.69 bits per heavy atom. The van der Waals surface area contributed by atoms with E-state index in [0.717, 1.165) is 36.4 Å². The first-order valence-electron chi connectivity index (χ1n) is 11.5. The number of nitrogens with zero attached hydrogens (tertiary/aromatic N) is 3. The molecule has 0 fully saturated rings. The third-order valence-corrected chi connectivity index (χ3v) is 10.3. The fourth-order valence-corrected chi connectivity index (χ4v) is 8.63. The molecular formula is C27H23ClN3OS3+. The van der Waals surface area contributed by atoms with Gasteiger partial charge in [-0.05, 0) is 43.5 Å². The zero-order chi connectivity index (χ0) is 24.3. The maximum Gasteiger partial charge on any atom is 0.271 e. The Labute approximate surface area is 220 Å². The quantitative estimate of drug-likeness (QED) is 0.289. The normalized spacial score (nSPS) is 15.5. The van der Waals surface area contributed by atoms with Crippen molar-refractivity contribution in [2.45, 2.75) is 31.8 Å². The Kier molecular flexibility index (Phi) is 5.76. The molecule has 0 unspecified atom stereocenters. The number of halogens is 1. The van der Waals surface area contributed by atoms with Crippen LogP contribution >= 0.6 is 46.0 Å². The summed E-state index contributed by atoms with van der Waals surface area (Å²) in [5.74, 6) is 0. The minimum Gasteiger partial charge on any atom is -0.337 e. The monoisotopic (exact) mass is 536 g/mol. The van der Waals surface area contributed by atoms with Crippen molar-refractivity contribution in [2.24, 2.45) is 0 Å². The topological polar surface area (TPSA) is 29.1 Å². The first kappa shape index (κ1) is 22.9. The molecule has 0 bridgehead atoms. The van der Waals surface area contributed by atoms with Crippen LogP contribution in [0.15, 0.2) is 64.3 Å². The highest BCUT2D eigenvalue weighted by Gasteiger charge is 2.25. The van der Waals surface area contributed by atoms with Gasteiger partial charge in [0, 0.05) is 35.0 Å². The zero-order valence-electron chi connectivity index (χ0n) is 19.5. The van der Waals surface area contributed by atoms with Crippen LogP contribution in [-0.4, -0.2) is 11.6 Å². The van der Waals surface area contributed by atoms with Gasteiger partial charge < -0.3 is 4.90 Å². The van der Waals surface area contributed by atoms with E-state index in [1.165, 1.54) is 21.0 Å². The van der Waals surface area contributed by atoms with E-state index in [1.807, 2.05) is 36.7 Å². The van der Waals surface area contributed by atoms with Gasteiger partial charge in [-0.2, -0.15) is 4.57 Å². The predicted molar refractivity (Wildman–Crippen MR) is 151 cm³/mol. The highest BCUT2D eigenvalue weighted by Crippen LogP contribution is 2.46. The fraction of sp³-hybridized carbons (Fsp3) is 0.185. The third-order valence-electron chi connectivity index (χ3n) is 6.40. The van der Waals surface area contributed by atoms with E-state index in [0.29, 0.717) is 11.6 Å². The Morgan fingerprint density at radius 1 is 1.06 bits per heavy atom. The molecule has 0 N–H and O–H groups in total. The van der Waals surface area contributed by atoms with E-state index in [4.69, 9.17) is 11.6 Å². The van der Waals surface area contributed by atoms with Gasteiger partial charge in [-0.25, -0.2) is 0 Å². The smallest absolute Gasteiger partial charge is 0.271 e. The van der Waals surface area contributed by atoms with E-state index in [-0.39, 0.29) is 5.56 Å². The summed E-state index contributed by atoms with van der Waals surface area (Å²) in [6, 6.07) is 18.8. The van der Waals surface area contributed by atoms with Gasteiger partial charge in [0.25, 0.3) is 10.6 Å². The first-order valence-corrected chi connectivity index (χ1v) is 14.3. The van der Waals surface area contributed by atoms with Crippen LogP contribution in [-0.2, 0) is 13.1 Å².